The highest BCUT2D eigenvalue weighted by molar-refractivity contribution is 5.83. The molecule has 1 aliphatic rings. The number of nitrogens with one attached hydrogen (secondary N) is 1. The summed E-state index contributed by atoms with van der Waals surface area (Å²) < 4.78 is 1.88. The monoisotopic (exact) mass is 337 g/mol. The Morgan fingerprint density at radius 1 is 1.32 bits per heavy atom. The van der Waals surface area contributed by atoms with Gasteiger partial charge >= 0.3 is 0 Å². The standard InChI is InChI=1S/C19H23N5O/c25-19(23-10-4-6-16(12-23)24-14-20-13-22-24)9-3-5-15-11-21-18-8-2-1-7-17(15)18/h1-2,7-8,11,13-14,16,21H,3-6,9-10,12H2/t16-/m1/s1. The SMILES string of the molecule is O=C(CCCc1c[nH]c2ccccc12)N1CCC[C@@H](n2cncn2)C1. The number of aromatic amines is 1. The van der Waals surface area contributed by atoms with Crippen LogP contribution in [0.4, 0.5) is 0 Å². The number of aromatic nitrogens is 4. The van der Waals surface area contributed by atoms with Gasteiger partial charge in [-0.3, -0.25) is 4.79 Å². The van der Waals surface area contributed by atoms with Crippen LogP contribution in [0, 0.1) is 0 Å². The first kappa shape index (κ1) is 15.9. The summed E-state index contributed by atoms with van der Waals surface area (Å²) in [7, 11) is 0. The molecule has 0 saturated carbocycles. The highest BCUT2D eigenvalue weighted by Crippen LogP contribution is 2.22. The number of hydrogen-bond donors (Lipinski definition) is 1. The molecule has 1 aliphatic heterocycles. The summed E-state index contributed by atoms with van der Waals surface area (Å²) in [6.45, 7) is 1.60. The van der Waals surface area contributed by atoms with Crippen LogP contribution in [0.2, 0.25) is 0 Å². The van der Waals surface area contributed by atoms with Crippen LogP contribution in [0.3, 0.4) is 0 Å². The van der Waals surface area contributed by atoms with Crippen molar-refractivity contribution >= 4 is 16.8 Å². The minimum absolute atomic E-state index is 0.254. The molecule has 0 bridgehead atoms. The first-order valence-electron chi connectivity index (χ1n) is 8.98. The zero-order valence-corrected chi connectivity index (χ0v) is 14.3. The molecule has 1 fully saturated rings. The van der Waals surface area contributed by atoms with E-state index in [1.165, 1.54) is 10.9 Å². The topological polar surface area (TPSA) is 66.8 Å². The van der Waals surface area contributed by atoms with E-state index in [0.717, 1.165) is 44.3 Å². The minimum Gasteiger partial charge on any atom is -0.361 e. The Balaban J connectivity index is 1.31. The van der Waals surface area contributed by atoms with E-state index in [1.807, 2.05) is 15.6 Å². The molecule has 6 nitrogen and oxygen atoms in total. The van der Waals surface area contributed by atoms with Crippen LogP contribution in [0.5, 0.6) is 0 Å². The van der Waals surface area contributed by atoms with E-state index in [4.69, 9.17) is 0 Å². The van der Waals surface area contributed by atoms with E-state index in [2.05, 4.69) is 39.5 Å². The maximum Gasteiger partial charge on any atom is 0.222 e. The molecular formula is C19H23N5O. The van der Waals surface area contributed by atoms with Crippen LogP contribution in [0.1, 0.15) is 37.3 Å². The molecule has 2 aromatic heterocycles. The predicted molar refractivity (Wildman–Crippen MR) is 96.1 cm³/mol. The van der Waals surface area contributed by atoms with Gasteiger partial charge in [-0.15, -0.1) is 0 Å². The van der Waals surface area contributed by atoms with Gasteiger partial charge in [0.05, 0.1) is 6.04 Å². The van der Waals surface area contributed by atoms with Crippen molar-refractivity contribution in [3.8, 4) is 0 Å². The second kappa shape index (κ2) is 7.09. The fourth-order valence-electron chi connectivity index (χ4n) is 3.73. The largest absolute Gasteiger partial charge is 0.361 e. The summed E-state index contributed by atoms with van der Waals surface area (Å²) in [5.74, 6) is 0.254. The number of carbonyl (C=O) groups excluding carboxylic acids is 1. The number of aryl methyl sites for hydroxylation is 1. The van der Waals surface area contributed by atoms with Crippen LogP contribution < -0.4 is 0 Å². The smallest absolute Gasteiger partial charge is 0.222 e. The van der Waals surface area contributed by atoms with Gasteiger partial charge in [0.25, 0.3) is 0 Å². The van der Waals surface area contributed by atoms with E-state index in [1.54, 1.807) is 12.7 Å². The molecular weight excluding hydrogens is 314 g/mol. The lowest BCUT2D eigenvalue weighted by Gasteiger charge is -2.32. The number of likely N-dealkylation sites (tertiary alicyclic amines) is 1. The van der Waals surface area contributed by atoms with Gasteiger partial charge < -0.3 is 9.88 Å². The number of hydrogen-bond acceptors (Lipinski definition) is 3. The highest BCUT2D eigenvalue weighted by atomic mass is 16.2. The number of H-pyrrole nitrogens is 1. The summed E-state index contributed by atoms with van der Waals surface area (Å²) in [6.07, 6.45) is 9.86. The quantitative estimate of drug-likeness (QED) is 0.778. The van der Waals surface area contributed by atoms with Crippen molar-refractivity contribution in [3.63, 3.8) is 0 Å². The first-order valence-corrected chi connectivity index (χ1v) is 8.98. The van der Waals surface area contributed by atoms with Crippen LogP contribution in [-0.4, -0.2) is 43.6 Å². The van der Waals surface area contributed by atoms with Gasteiger partial charge in [0.15, 0.2) is 0 Å². The number of rotatable bonds is 5. The Labute approximate surface area is 146 Å². The van der Waals surface area contributed by atoms with E-state index < -0.39 is 0 Å². The lowest BCUT2D eigenvalue weighted by Crippen LogP contribution is -2.40. The summed E-state index contributed by atoms with van der Waals surface area (Å²) >= 11 is 0. The van der Waals surface area contributed by atoms with E-state index in [-0.39, 0.29) is 11.9 Å². The Morgan fingerprint density at radius 2 is 2.24 bits per heavy atom. The third-order valence-corrected chi connectivity index (χ3v) is 5.07. The highest BCUT2D eigenvalue weighted by Gasteiger charge is 2.24. The number of amides is 1. The maximum absolute atomic E-state index is 12.6. The van der Waals surface area contributed by atoms with Gasteiger partial charge in [0.2, 0.25) is 5.91 Å². The third kappa shape index (κ3) is 3.43. The number of para-hydroxylation sites is 1. The van der Waals surface area contributed by atoms with Crippen LogP contribution >= 0.6 is 0 Å². The zero-order valence-electron chi connectivity index (χ0n) is 14.3. The number of nitrogens with zero attached hydrogens (tertiary/aromatic N) is 4. The molecule has 1 N–H and O–H groups in total. The Kier molecular flexibility index (Phi) is 4.50. The van der Waals surface area contributed by atoms with Crippen LogP contribution in [-0.2, 0) is 11.2 Å². The Morgan fingerprint density at radius 3 is 3.12 bits per heavy atom. The van der Waals surface area contributed by atoms with E-state index in [0.29, 0.717) is 6.42 Å². The molecule has 4 rings (SSSR count). The number of piperidine rings is 1. The lowest BCUT2D eigenvalue weighted by atomic mass is 10.0. The van der Waals surface area contributed by atoms with Crippen molar-refractivity contribution in [1.29, 1.82) is 0 Å². The molecule has 3 aromatic rings. The molecule has 0 spiro atoms. The van der Waals surface area contributed by atoms with Crippen molar-refractivity contribution in [2.45, 2.75) is 38.1 Å². The molecule has 1 aromatic carbocycles. The number of fused-ring (bicyclic) bond motifs is 1. The molecule has 130 valence electrons. The maximum atomic E-state index is 12.6. The van der Waals surface area contributed by atoms with Crippen molar-refractivity contribution in [2.75, 3.05) is 13.1 Å². The summed E-state index contributed by atoms with van der Waals surface area (Å²) in [4.78, 5) is 21.9. The summed E-state index contributed by atoms with van der Waals surface area (Å²) in [5.41, 5.74) is 2.46. The zero-order chi connectivity index (χ0) is 17.1. The Hall–Kier alpha value is -2.63. The van der Waals surface area contributed by atoms with Gasteiger partial charge in [-0.25, -0.2) is 9.67 Å². The van der Waals surface area contributed by atoms with E-state index >= 15 is 0 Å². The first-order chi connectivity index (χ1) is 12.3. The van der Waals surface area contributed by atoms with Gasteiger partial charge in [-0.2, -0.15) is 5.10 Å². The molecule has 1 saturated heterocycles. The van der Waals surface area contributed by atoms with Gasteiger partial charge in [-0.1, -0.05) is 18.2 Å². The van der Waals surface area contributed by atoms with Crippen molar-refractivity contribution < 1.29 is 4.79 Å². The van der Waals surface area contributed by atoms with Crippen LogP contribution in [0.25, 0.3) is 10.9 Å². The van der Waals surface area contributed by atoms with Gasteiger partial charge in [0, 0.05) is 36.6 Å². The third-order valence-electron chi connectivity index (χ3n) is 5.07. The summed E-state index contributed by atoms with van der Waals surface area (Å²) in [5, 5.41) is 5.49. The molecule has 6 heteroatoms. The van der Waals surface area contributed by atoms with Crippen molar-refractivity contribution in [2.24, 2.45) is 0 Å². The average molecular weight is 337 g/mol. The molecule has 25 heavy (non-hydrogen) atoms. The molecule has 3 heterocycles. The van der Waals surface area contributed by atoms with Crippen molar-refractivity contribution in [3.05, 3.63) is 48.7 Å². The van der Waals surface area contributed by atoms with Crippen molar-refractivity contribution in [1.82, 2.24) is 24.6 Å². The van der Waals surface area contributed by atoms with Crippen LogP contribution in [0.15, 0.2) is 43.1 Å². The van der Waals surface area contributed by atoms with Gasteiger partial charge in [-0.05, 0) is 37.3 Å². The molecule has 1 amide bonds. The molecule has 1 atom stereocenters. The fourth-order valence-corrected chi connectivity index (χ4v) is 3.73. The number of carbonyl (C=O) groups is 1. The fraction of sp³-hybridized carbons (Fsp3) is 0.421. The number of benzene rings is 1. The summed E-state index contributed by atoms with van der Waals surface area (Å²) in [6, 6.07) is 8.57. The van der Waals surface area contributed by atoms with Gasteiger partial charge in [0.1, 0.15) is 12.7 Å². The second-order valence-electron chi connectivity index (χ2n) is 6.72. The normalized spacial score (nSPS) is 17.9. The molecule has 0 aliphatic carbocycles. The Bertz CT molecular complexity index is 839. The predicted octanol–water partition coefficient (Wildman–Crippen LogP) is 2.95. The average Bonchev–Trinajstić information content (AvgIpc) is 3.32. The molecule has 0 radical (unpaired) electrons. The lowest BCUT2D eigenvalue weighted by molar-refractivity contribution is -0.133. The second-order valence-corrected chi connectivity index (χ2v) is 6.72. The van der Waals surface area contributed by atoms with E-state index in [9.17, 15) is 4.79 Å². The minimum atomic E-state index is 0.254. The molecule has 0 unspecified atom stereocenters.